The van der Waals surface area contributed by atoms with Gasteiger partial charge in [0.2, 0.25) is 0 Å². The maximum absolute atomic E-state index is 12.7. The van der Waals surface area contributed by atoms with E-state index in [2.05, 4.69) is 15.2 Å². The van der Waals surface area contributed by atoms with E-state index in [0.29, 0.717) is 22.0 Å². The summed E-state index contributed by atoms with van der Waals surface area (Å²) in [5.74, 6) is 1.21. The van der Waals surface area contributed by atoms with Gasteiger partial charge in [0.05, 0.1) is 12.8 Å². The summed E-state index contributed by atoms with van der Waals surface area (Å²) in [6, 6.07) is 7.11. The number of nitrogens with zero attached hydrogens (tertiary/aromatic N) is 2. The SMILES string of the molecule is COc1cc(Cl)c(C)cc1NC(=O)c1ccnc(N2CCCCCC2)c1. The molecule has 0 unspecified atom stereocenters. The van der Waals surface area contributed by atoms with Gasteiger partial charge < -0.3 is 15.0 Å². The van der Waals surface area contributed by atoms with Crippen LogP contribution in [0.4, 0.5) is 11.5 Å². The number of ether oxygens (including phenoxy) is 1. The molecule has 1 N–H and O–H groups in total. The van der Waals surface area contributed by atoms with Crippen LogP contribution in [0.1, 0.15) is 41.6 Å². The van der Waals surface area contributed by atoms with E-state index >= 15 is 0 Å². The standard InChI is InChI=1S/C20H24ClN3O2/c1-14-11-17(18(26-2)13-16(14)21)23-20(25)15-7-8-22-19(12-15)24-9-5-3-4-6-10-24/h7-8,11-13H,3-6,9-10H2,1-2H3,(H,23,25). The van der Waals surface area contributed by atoms with Crippen LogP contribution in [0, 0.1) is 6.92 Å². The van der Waals surface area contributed by atoms with Crippen molar-refractivity contribution in [1.82, 2.24) is 4.98 Å². The highest BCUT2D eigenvalue weighted by Gasteiger charge is 2.15. The maximum atomic E-state index is 12.7. The van der Waals surface area contributed by atoms with Crippen molar-refractivity contribution in [3.63, 3.8) is 0 Å². The lowest BCUT2D eigenvalue weighted by molar-refractivity contribution is 0.102. The van der Waals surface area contributed by atoms with E-state index in [4.69, 9.17) is 16.3 Å². The number of hydrogen-bond donors (Lipinski definition) is 1. The third kappa shape index (κ3) is 4.28. The zero-order valence-electron chi connectivity index (χ0n) is 15.2. The van der Waals surface area contributed by atoms with Gasteiger partial charge in [0.15, 0.2) is 0 Å². The lowest BCUT2D eigenvalue weighted by Crippen LogP contribution is -2.25. The average Bonchev–Trinajstić information content (AvgIpc) is 2.94. The van der Waals surface area contributed by atoms with Crippen molar-refractivity contribution in [2.45, 2.75) is 32.6 Å². The summed E-state index contributed by atoms with van der Waals surface area (Å²) in [5, 5.41) is 3.52. The largest absolute Gasteiger partial charge is 0.495 e. The molecule has 0 bridgehead atoms. The first-order chi connectivity index (χ1) is 12.6. The summed E-state index contributed by atoms with van der Waals surface area (Å²) in [6.07, 6.45) is 6.54. The predicted octanol–water partition coefficient (Wildman–Crippen LogP) is 4.68. The van der Waals surface area contributed by atoms with Gasteiger partial charge in [-0.1, -0.05) is 24.4 Å². The highest BCUT2D eigenvalue weighted by atomic mass is 35.5. The normalized spacial score (nSPS) is 14.7. The number of nitrogens with one attached hydrogen (secondary N) is 1. The van der Waals surface area contributed by atoms with Gasteiger partial charge in [-0.15, -0.1) is 0 Å². The van der Waals surface area contributed by atoms with Crippen LogP contribution in [0.3, 0.4) is 0 Å². The lowest BCUT2D eigenvalue weighted by Gasteiger charge is -2.21. The number of carbonyl (C=O) groups excluding carboxylic acids is 1. The number of hydrogen-bond acceptors (Lipinski definition) is 4. The second-order valence-electron chi connectivity index (χ2n) is 6.56. The van der Waals surface area contributed by atoms with E-state index in [1.54, 1.807) is 25.4 Å². The average molecular weight is 374 g/mol. The smallest absolute Gasteiger partial charge is 0.255 e. The molecule has 2 aromatic rings. The summed E-state index contributed by atoms with van der Waals surface area (Å²) in [6.45, 7) is 3.87. The highest BCUT2D eigenvalue weighted by molar-refractivity contribution is 6.31. The van der Waals surface area contributed by atoms with E-state index in [-0.39, 0.29) is 5.91 Å². The molecular formula is C20H24ClN3O2. The fourth-order valence-electron chi connectivity index (χ4n) is 3.16. The molecule has 1 amide bonds. The Morgan fingerprint density at radius 1 is 1.19 bits per heavy atom. The van der Waals surface area contributed by atoms with Crippen LogP contribution in [-0.4, -0.2) is 31.1 Å². The summed E-state index contributed by atoms with van der Waals surface area (Å²) < 4.78 is 5.33. The van der Waals surface area contributed by atoms with Gasteiger partial charge in [0, 0.05) is 35.9 Å². The Morgan fingerprint density at radius 2 is 1.92 bits per heavy atom. The van der Waals surface area contributed by atoms with E-state index < -0.39 is 0 Å². The van der Waals surface area contributed by atoms with Gasteiger partial charge in [-0.25, -0.2) is 4.98 Å². The number of halogens is 1. The molecular weight excluding hydrogens is 350 g/mol. The van der Waals surface area contributed by atoms with Gasteiger partial charge in [0.1, 0.15) is 11.6 Å². The summed E-state index contributed by atoms with van der Waals surface area (Å²) in [5.41, 5.74) is 2.06. The van der Waals surface area contributed by atoms with Crippen LogP contribution in [0.2, 0.25) is 5.02 Å². The molecule has 1 saturated heterocycles. The van der Waals surface area contributed by atoms with E-state index in [1.807, 2.05) is 19.1 Å². The van der Waals surface area contributed by atoms with Crippen molar-refractivity contribution in [3.05, 3.63) is 46.6 Å². The van der Waals surface area contributed by atoms with E-state index in [9.17, 15) is 4.79 Å². The number of carbonyl (C=O) groups is 1. The van der Waals surface area contributed by atoms with Crippen molar-refractivity contribution in [2.24, 2.45) is 0 Å². The van der Waals surface area contributed by atoms with Crippen LogP contribution < -0.4 is 15.0 Å². The number of amides is 1. The highest BCUT2D eigenvalue weighted by Crippen LogP contribution is 2.31. The quantitative estimate of drug-likeness (QED) is 0.845. The van der Waals surface area contributed by atoms with Crippen LogP contribution in [0.5, 0.6) is 5.75 Å². The molecule has 138 valence electrons. The monoisotopic (exact) mass is 373 g/mol. The summed E-state index contributed by atoms with van der Waals surface area (Å²) in [4.78, 5) is 19.5. The number of methoxy groups -OCH3 is 1. The van der Waals surface area contributed by atoms with Crippen molar-refractivity contribution in [1.29, 1.82) is 0 Å². The Bertz CT molecular complexity index is 787. The minimum atomic E-state index is -0.191. The molecule has 1 aliphatic rings. The molecule has 1 aromatic carbocycles. The predicted molar refractivity (Wildman–Crippen MR) is 106 cm³/mol. The third-order valence-electron chi connectivity index (χ3n) is 4.67. The molecule has 2 heterocycles. The topological polar surface area (TPSA) is 54.5 Å². The second kappa shape index (κ2) is 8.41. The number of rotatable bonds is 4. The molecule has 26 heavy (non-hydrogen) atoms. The van der Waals surface area contributed by atoms with E-state index in [1.165, 1.54) is 25.7 Å². The molecule has 0 atom stereocenters. The first kappa shape index (κ1) is 18.5. The van der Waals surface area contributed by atoms with Crippen molar-refractivity contribution in [2.75, 3.05) is 30.4 Å². The molecule has 1 aliphatic heterocycles. The third-order valence-corrected chi connectivity index (χ3v) is 5.07. The van der Waals surface area contributed by atoms with Crippen LogP contribution in [0.25, 0.3) is 0 Å². The number of pyridine rings is 1. The van der Waals surface area contributed by atoms with Crippen LogP contribution in [0.15, 0.2) is 30.5 Å². The minimum absolute atomic E-state index is 0.191. The zero-order valence-corrected chi connectivity index (χ0v) is 16.0. The van der Waals surface area contributed by atoms with Crippen molar-refractivity contribution < 1.29 is 9.53 Å². The number of benzene rings is 1. The first-order valence-electron chi connectivity index (χ1n) is 8.95. The minimum Gasteiger partial charge on any atom is -0.495 e. The Morgan fingerprint density at radius 3 is 2.62 bits per heavy atom. The fourth-order valence-corrected chi connectivity index (χ4v) is 3.31. The van der Waals surface area contributed by atoms with Gasteiger partial charge in [0.25, 0.3) is 5.91 Å². The Balaban J connectivity index is 1.80. The molecule has 0 saturated carbocycles. The zero-order chi connectivity index (χ0) is 18.5. The summed E-state index contributed by atoms with van der Waals surface area (Å²) in [7, 11) is 1.56. The van der Waals surface area contributed by atoms with Crippen LogP contribution >= 0.6 is 11.6 Å². The Labute approximate surface area is 159 Å². The summed E-state index contributed by atoms with van der Waals surface area (Å²) >= 11 is 6.13. The molecule has 0 radical (unpaired) electrons. The van der Waals surface area contributed by atoms with Crippen molar-refractivity contribution >= 4 is 29.0 Å². The van der Waals surface area contributed by atoms with Crippen LogP contribution in [-0.2, 0) is 0 Å². The van der Waals surface area contributed by atoms with Gasteiger partial charge in [-0.05, 0) is 43.5 Å². The molecule has 5 nitrogen and oxygen atoms in total. The molecule has 1 fully saturated rings. The number of aromatic nitrogens is 1. The van der Waals surface area contributed by atoms with E-state index in [0.717, 1.165) is 24.5 Å². The maximum Gasteiger partial charge on any atom is 0.255 e. The molecule has 0 spiro atoms. The number of anilines is 2. The fraction of sp³-hybridized carbons (Fsp3) is 0.400. The molecule has 0 aliphatic carbocycles. The first-order valence-corrected chi connectivity index (χ1v) is 9.33. The molecule has 3 rings (SSSR count). The lowest BCUT2D eigenvalue weighted by atomic mass is 10.2. The molecule has 1 aromatic heterocycles. The number of aryl methyl sites for hydroxylation is 1. The second-order valence-corrected chi connectivity index (χ2v) is 6.97. The van der Waals surface area contributed by atoms with Gasteiger partial charge in [-0.3, -0.25) is 4.79 Å². The van der Waals surface area contributed by atoms with Gasteiger partial charge in [-0.2, -0.15) is 0 Å². The Hall–Kier alpha value is -2.27. The van der Waals surface area contributed by atoms with Gasteiger partial charge >= 0.3 is 0 Å². The molecule has 6 heteroatoms. The Kier molecular flexibility index (Phi) is 5.99. The van der Waals surface area contributed by atoms with Crippen molar-refractivity contribution in [3.8, 4) is 5.75 Å².